The molecule has 0 saturated heterocycles. The zero-order valence-corrected chi connectivity index (χ0v) is 22.6. The molecule has 0 radical (unpaired) electrons. The SMILES string of the molecule is CC12C=CC(=O)C=C1CCC1C2C(O)CC2(C)C1CC[C@]2(O)C(=O)CSc1nc2ccc(OC(F)F)cc2[nH]1. The largest absolute Gasteiger partial charge is 0.435 e. The Balaban J connectivity index is 1.20. The Morgan fingerprint density at radius 1 is 1.31 bits per heavy atom. The molecule has 3 N–H and O–H groups in total. The van der Waals surface area contributed by atoms with E-state index >= 15 is 0 Å². The van der Waals surface area contributed by atoms with Gasteiger partial charge in [0.2, 0.25) is 0 Å². The predicted molar refractivity (Wildman–Crippen MR) is 141 cm³/mol. The van der Waals surface area contributed by atoms with Gasteiger partial charge in [0, 0.05) is 22.8 Å². The molecule has 3 saturated carbocycles. The van der Waals surface area contributed by atoms with Crippen LogP contribution in [0.15, 0.2) is 47.2 Å². The molecule has 208 valence electrons. The summed E-state index contributed by atoms with van der Waals surface area (Å²) in [6.07, 6.45) is 7.49. The van der Waals surface area contributed by atoms with Gasteiger partial charge >= 0.3 is 6.61 Å². The number of imidazole rings is 1. The van der Waals surface area contributed by atoms with E-state index in [4.69, 9.17) is 0 Å². The van der Waals surface area contributed by atoms with Crippen molar-refractivity contribution in [2.75, 3.05) is 5.75 Å². The standard InChI is InChI=1S/C29H32F2N2O5S/c1-27-9-7-16(34)11-15(27)3-5-18-19-8-10-29(37,28(19,2)13-22(35)24(18)27)23(36)14-39-26-32-20-6-4-17(38-25(30)31)12-21(20)33-26/h4,6-7,9,11-12,18-19,22,24-25,35,37H,3,5,8,10,13-14H2,1-2H3,(H,32,33)/t18?,19?,22?,24?,27?,28?,29-/m0/s1. The topological polar surface area (TPSA) is 113 Å². The lowest BCUT2D eigenvalue weighted by Crippen LogP contribution is -2.61. The summed E-state index contributed by atoms with van der Waals surface area (Å²) in [4.78, 5) is 33.1. The minimum atomic E-state index is -2.93. The third kappa shape index (κ3) is 4.09. The minimum absolute atomic E-state index is 0.0108. The van der Waals surface area contributed by atoms with Crippen molar-refractivity contribution < 1.29 is 33.3 Å². The lowest BCUT2D eigenvalue weighted by molar-refractivity contribution is -0.174. The van der Waals surface area contributed by atoms with Gasteiger partial charge in [-0.25, -0.2) is 4.98 Å². The van der Waals surface area contributed by atoms with Crippen LogP contribution in [0.1, 0.15) is 46.0 Å². The maximum atomic E-state index is 13.6. The quantitative estimate of drug-likeness (QED) is 0.435. The molecule has 0 aliphatic heterocycles. The fourth-order valence-electron chi connectivity index (χ4n) is 8.25. The Morgan fingerprint density at radius 3 is 2.87 bits per heavy atom. The lowest BCUT2D eigenvalue weighted by atomic mass is 9.46. The lowest BCUT2D eigenvalue weighted by Gasteiger charge is -2.59. The number of thioether (sulfide) groups is 1. The molecule has 0 spiro atoms. The highest BCUT2D eigenvalue weighted by atomic mass is 32.2. The average molecular weight is 559 g/mol. The first-order valence-corrected chi connectivity index (χ1v) is 14.4. The van der Waals surface area contributed by atoms with E-state index in [0.29, 0.717) is 35.5 Å². The summed E-state index contributed by atoms with van der Waals surface area (Å²) >= 11 is 1.16. The molecule has 7 atom stereocenters. The predicted octanol–water partition coefficient (Wildman–Crippen LogP) is 4.84. The van der Waals surface area contributed by atoms with Crippen LogP contribution >= 0.6 is 11.8 Å². The molecule has 3 fully saturated rings. The van der Waals surface area contributed by atoms with Crippen LogP contribution < -0.4 is 4.74 Å². The van der Waals surface area contributed by atoms with E-state index in [1.165, 1.54) is 12.1 Å². The van der Waals surface area contributed by atoms with Crippen LogP contribution in [0.25, 0.3) is 11.0 Å². The molecule has 0 bridgehead atoms. The van der Waals surface area contributed by atoms with Crippen LogP contribution in [-0.4, -0.2) is 55.8 Å². The Bertz CT molecular complexity index is 1410. The third-order valence-corrected chi connectivity index (χ3v) is 11.0. The molecule has 4 aliphatic carbocycles. The van der Waals surface area contributed by atoms with Gasteiger partial charge in [-0.3, -0.25) is 9.59 Å². The minimum Gasteiger partial charge on any atom is -0.435 e. The molecule has 1 heterocycles. The number of fused-ring (bicyclic) bond motifs is 6. The van der Waals surface area contributed by atoms with Gasteiger partial charge in [0.15, 0.2) is 16.7 Å². The van der Waals surface area contributed by atoms with Crippen molar-refractivity contribution in [1.29, 1.82) is 0 Å². The van der Waals surface area contributed by atoms with E-state index in [0.717, 1.165) is 30.2 Å². The number of ketones is 2. The number of nitrogens with zero attached hydrogens (tertiary/aromatic N) is 1. The van der Waals surface area contributed by atoms with Gasteiger partial charge in [-0.1, -0.05) is 37.3 Å². The summed E-state index contributed by atoms with van der Waals surface area (Å²) in [6.45, 7) is 1.12. The maximum absolute atomic E-state index is 13.6. The monoisotopic (exact) mass is 558 g/mol. The highest BCUT2D eigenvalue weighted by molar-refractivity contribution is 7.99. The number of halogens is 2. The first-order chi connectivity index (χ1) is 18.4. The number of carbonyl (C=O) groups is 2. The number of allylic oxidation sites excluding steroid dienone is 4. The van der Waals surface area contributed by atoms with Crippen molar-refractivity contribution in [3.8, 4) is 5.75 Å². The van der Waals surface area contributed by atoms with Crippen LogP contribution in [0.4, 0.5) is 8.78 Å². The Hall–Kier alpha value is -2.56. The summed E-state index contributed by atoms with van der Waals surface area (Å²) in [6, 6.07) is 4.40. The number of alkyl halides is 2. The van der Waals surface area contributed by atoms with Gasteiger partial charge in [0.05, 0.1) is 22.9 Å². The van der Waals surface area contributed by atoms with Crippen LogP contribution in [-0.2, 0) is 9.59 Å². The van der Waals surface area contributed by atoms with Gasteiger partial charge in [0.1, 0.15) is 11.4 Å². The maximum Gasteiger partial charge on any atom is 0.387 e. The number of aliphatic hydroxyl groups is 2. The van der Waals surface area contributed by atoms with Crippen molar-refractivity contribution in [3.63, 3.8) is 0 Å². The van der Waals surface area contributed by atoms with Crippen LogP contribution in [0, 0.1) is 28.6 Å². The number of carbonyl (C=O) groups excluding carboxylic acids is 2. The first kappa shape index (κ1) is 26.7. The third-order valence-electron chi connectivity index (χ3n) is 10.1. The van der Waals surface area contributed by atoms with Gasteiger partial charge < -0.3 is 19.9 Å². The van der Waals surface area contributed by atoms with E-state index in [1.54, 1.807) is 18.2 Å². The number of hydrogen-bond acceptors (Lipinski definition) is 7. The van der Waals surface area contributed by atoms with Crippen LogP contribution in [0.3, 0.4) is 0 Å². The molecule has 10 heteroatoms. The molecule has 6 rings (SSSR count). The molecule has 2 aromatic rings. The van der Waals surface area contributed by atoms with Crippen molar-refractivity contribution in [1.82, 2.24) is 9.97 Å². The highest BCUT2D eigenvalue weighted by Crippen LogP contribution is 2.67. The molecular formula is C29H32F2N2O5S. The van der Waals surface area contributed by atoms with Gasteiger partial charge in [-0.15, -0.1) is 0 Å². The number of benzene rings is 1. The van der Waals surface area contributed by atoms with E-state index in [1.807, 2.05) is 13.0 Å². The highest BCUT2D eigenvalue weighted by Gasteiger charge is 2.68. The zero-order valence-electron chi connectivity index (χ0n) is 21.8. The second-order valence-corrected chi connectivity index (χ2v) is 12.9. The molecule has 6 unspecified atom stereocenters. The molecule has 0 amide bonds. The van der Waals surface area contributed by atoms with Crippen molar-refractivity contribution in [2.45, 2.75) is 69.4 Å². The second kappa shape index (κ2) is 9.24. The van der Waals surface area contributed by atoms with E-state index in [2.05, 4.69) is 21.6 Å². The average Bonchev–Trinajstić information content (AvgIpc) is 3.40. The number of nitrogens with one attached hydrogen (secondary N) is 1. The zero-order chi connectivity index (χ0) is 27.7. The van der Waals surface area contributed by atoms with Gasteiger partial charge in [-0.2, -0.15) is 8.78 Å². The molecular weight excluding hydrogens is 526 g/mol. The normalized spacial score (nSPS) is 37.4. The number of aliphatic hydroxyl groups excluding tert-OH is 1. The molecule has 39 heavy (non-hydrogen) atoms. The Kier molecular flexibility index (Phi) is 6.32. The number of ether oxygens (including phenoxy) is 1. The summed E-state index contributed by atoms with van der Waals surface area (Å²) in [5, 5.41) is 23.9. The molecule has 1 aromatic heterocycles. The van der Waals surface area contributed by atoms with E-state index in [9.17, 15) is 28.6 Å². The fourth-order valence-corrected chi connectivity index (χ4v) is 9.10. The van der Waals surface area contributed by atoms with Crippen molar-refractivity contribution in [2.24, 2.45) is 28.6 Å². The Labute approximate surface area is 229 Å². The van der Waals surface area contributed by atoms with Gasteiger partial charge in [0.25, 0.3) is 0 Å². The molecule has 7 nitrogen and oxygen atoms in total. The van der Waals surface area contributed by atoms with Crippen LogP contribution in [0.5, 0.6) is 5.75 Å². The van der Waals surface area contributed by atoms with E-state index < -0.39 is 29.1 Å². The van der Waals surface area contributed by atoms with Crippen molar-refractivity contribution >= 4 is 34.4 Å². The Morgan fingerprint density at radius 2 is 2.10 bits per heavy atom. The summed E-state index contributed by atoms with van der Waals surface area (Å²) < 4.78 is 29.5. The van der Waals surface area contributed by atoms with Crippen molar-refractivity contribution in [3.05, 3.63) is 42.0 Å². The summed E-state index contributed by atoms with van der Waals surface area (Å²) in [5.41, 5.74) is -0.619. The number of Topliss-reactive ketones (excluding diaryl/α,β-unsaturated/α-hetero) is 1. The van der Waals surface area contributed by atoms with Crippen LogP contribution in [0.2, 0.25) is 0 Å². The van der Waals surface area contributed by atoms with E-state index in [-0.39, 0.29) is 40.8 Å². The first-order valence-electron chi connectivity index (χ1n) is 13.4. The number of hydrogen-bond donors (Lipinski definition) is 3. The number of aromatic amines is 1. The molecule has 1 aromatic carbocycles. The summed E-state index contributed by atoms with van der Waals surface area (Å²) in [5.74, 6) is -0.171. The number of aromatic nitrogens is 2. The smallest absolute Gasteiger partial charge is 0.387 e. The number of H-pyrrole nitrogens is 1. The fraction of sp³-hybridized carbons (Fsp3) is 0.552. The number of rotatable bonds is 6. The second-order valence-electron chi connectivity index (χ2n) is 11.9. The van der Waals surface area contributed by atoms with Gasteiger partial charge in [-0.05, 0) is 68.2 Å². The summed E-state index contributed by atoms with van der Waals surface area (Å²) in [7, 11) is 0. The molecule has 4 aliphatic rings.